The largest absolute Gasteiger partial charge is 0.482 e. The summed E-state index contributed by atoms with van der Waals surface area (Å²) in [4.78, 5) is 25.5. The molecule has 5 nitrogen and oxygen atoms in total. The Morgan fingerprint density at radius 1 is 0.900 bits per heavy atom. The van der Waals surface area contributed by atoms with Crippen LogP contribution < -0.4 is 10.5 Å². The highest BCUT2D eigenvalue weighted by atomic mass is 35.5. The lowest BCUT2D eigenvalue weighted by Crippen LogP contribution is -2.36. The fraction of sp³-hybridized carbons (Fsp3) is 0.167. The predicted octanol–water partition coefficient (Wildman–Crippen LogP) is 4.29. The number of amides is 2. The van der Waals surface area contributed by atoms with Crippen LogP contribution in [0.25, 0.3) is 11.1 Å². The van der Waals surface area contributed by atoms with E-state index < -0.39 is 5.91 Å². The lowest BCUT2D eigenvalue weighted by atomic mass is 10.1. The van der Waals surface area contributed by atoms with E-state index in [-0.39, 0.29) is 25.5 Å². The third kappa shape index (κ3) is 6.09. The van der Waals surface area contributed by atoms with Gasteiger partial charge in [0.2, 0.25) is 5.91 Å². The molecule has 154 valence electrons. The van der Waals surface area contributed by atoms with Crippen LogP contribution in [0, 0.1) is 0 Å². The minimum Gasteiger partial charge on any atom is -0.482 e. The van der Waals surface area contributed by atoms with Gasteiger partial charge in [-0.3, -0.25) is 9.59 Å². The summed E-state index contributed by atoms with van der Waals surface area (Å²) in [7, 11) is 0. The number of nitrogens with zero attached hydrogens (tertiary/aromatic N) is 1. The van der Waals surface area contributed by atoms with E-state index in [1.807, 2.05) is 72.8 Å². The number of benzene rings is 3. The molecule has 3 aromatic rings. The molecule has 0 heterocycles. The topological polar surface area (TPSA) is 72.6 Å². The van der Waals surface area contributed by atoms with Crippen LogP contribution in [-0.4, -0.2) is 29.9 Å². The first-order chi connectivity index (χ1) is 14.5. The Labute approximate surface area is 181 Å². The van der Waals surface area contributed by atoms with E-state index in [1.165, 1.54) is 0 Å². The number of ether oxygens (including phenoxy) is 1. The molecule has 2 amide bonds. The zero-order chi connectivity index (χ0) is 21.3. The van der Waals surface area contributed by atoms with Crippen LogP contribution in [0.3, 0.4) is 0 Å². The van der Waals surface area contributed by atoms with Gasteiger partial charge < -0.3 is 15.4 Å². The highest BCUT2D eigenvalue weighted by molar-refractivity contribution is 6.32. The van der Waals surface area contributed by atoms with Crippen molar-refractivity contribution in [1.82, 2.24) is 4.90 Å². The van der Waals surface area contributed by atoms with Gasteiger partial charge in [-0.25, -0.2) is 0 Å². The first-order valence-electron chi connectivity index (χ1n) is 9.60. The molecule has 0 aliphatic heterocycles. The summed E-state index contributed by atoms with van der Waals surface area (Å²) in [5.74, 6) is -0.274. The van der Waals surface area contributed by atoms with Crippen molar-refractivity contribution in [3.63, 3.8) is 0 Å². The summed E-state index contributed by atoms with van der Waals surface area (Å²) in [5, 5.41) is 0.427. The molecule has 0 aliphatic carbocycles. The summed E-state index contributed by atoms with van der Waals surface area (Å²) >= 11 is 6.36. The van der Waals surface area contributed by atoms with Crippen LogP contribution in [-0.2, 0) is 16.1 Å². The van der Waals surface area contributed by atoms with Crippen LogP contribution in [0.15, 0.2) is 78.9 Å². The molecule has 0 aromatic heterocycles. The van der Waals surface area contributed by atoms with Gasteiger partial charge in [0.15, 0.2) is 6.61 Å². The molecule has 0 aliphatic rings. The molecule has 3 aromatic carbocycles. The molecule has 3 rings (SSSR count). The fourth-order valence-corrected chi connectivity index (χ4v) is 3.23. The standard InChI is InChI=1S/C24H23ClN2O3/c25-21-15-20(19-9-5-2-6-10-19)11-12-22(21)30-17-24(29)27(14-13-23(26)28)16-18-7-3-1-4-8-18/h1-12,15H,13-14,16-17H2,(H2,26,28). The van der Waals surface area contributed by atoms with Gasteiger partial charge >= 0.3 is 0 Å². The average molecular weight is 423 g/mol. The van der Waals surface area contributed by atoms with Crippen molar-refractivity contribution in [1.29, 1.82) is 0 Å². The van der Waals surface area contributed by atoms with Crippen molar-refractivity contribution in [3.05, 3.63) is 89.4 Å². The smallest absolute Gasteiger partial charge is 0.260 e. The van der Waals surface area contributed by atoms with Gasteiger partial charge in [-0.1, -0.05) is 78.3 Å². The number of carbonyl (C=O) groups is 2. The maximum absolute atomic E-state index is 12.7. The molecule has 0 fully saturated rings. The number of primary amides is 1. The maximum atomic E-state index is 12.7. The SMILES string of the molecule is NC(=O)CCN(Cc1ccccc1)C(=O)COc1ccc(-c2ccccc2)cc1Cl. The van der Waals surface area contributed by atoms with Crippen LogP contribution in [0.1, 0.15) is 12.0 Å². The third-order valence-electron chi connectivity index (χ3n) is 4.59. The number of nitrogens with two attached hydrogens (primary N) is 1. The lowest BCUT2D eigenvalue weighted by molar-refractivity contribution is -0.134. The van der Waals surface area contributed by atoms with Crippen LogP contribution in [0.2, 0.25) is 5.02 Å². The van der Waals surface area contributed by atoms with Gasteiger partial charge in [-0.2, -0.15) is 0 Å². The second-order valence-electron chi connectivity index (χ2n) is 6.82. The number of hydrogen-bond donors (Lipinski definition) is 1. The number of carbonyl (C=O) groups excluding carboxylic acids is 2. The highest BCUT2D eigenvalue weighted by Gasteiger charge is 2.16. The number of halogens is 1. The maximum Gasteiger partial charge on any atom is 0.260 e. The number of rotatable bonds is 9. The van der Waals surface area contributed by atoms with Crippen molar-refractivity contribution in [2.45, 2.75) is 13.0 Å². The van der Waals surface area contributed by atoms with Crippen molar-refractivity contribution >= 4 is 23.4 Å². The Balaban J connectivity index is 1.66. The van der Waals surface area contributed by atoms with E-state index in [0.29, 0.717) is 17.3 Å². The zero-order valence-corrected chi connectivity index (χ0v) is 17.2. The summed E-state index contributed by atoms with van der Waals surface area (Å²) in [5.41, 5.74) is 8.22. The monoisotopic (exact) mass is 422 g/mol. The van der Waals surface area contributed by atoms with Crippen LogP contribution in [0.4, 0.5) is 0 Å². The third-order valence-corrected chi connectivity index (χ3v) is 4.88. The molecule has 0 atom stereocenters. The Morgan fingerprint density at radius 3 is 2.20 bits per heavy atom. The minimum absolute atomic E-state index is 0.0884. The van der Waals surface area contributed by atoms with E-state index in [0.717, 1.165) is 16.7 Å². The summed E-state index contributed by atoms with van der Waals surface area (Å²) in [6.07, 6.45) is 0.0884. The fourth-order valence-electron chi connectivity index (χ4n) is 3.00. The normalized spacial score (nSPS) is 10.4. The van der Waals surface area contributed by atoms with E-state index in [4.69, 9.17) is 22.1 Å². The predicted molar refractivity (Wildman–Crippen MR) is 118 cm³/mol. The molecule has 2 N–H and O–H groups in total. The Hall–Kier alpha value is -3.31. The highest BCUT2D eigenvalue weighted by Crippen LogP contribution is 2.30. The molecule has 30 heavy (non-hydrogen) atoms. The molecule has 0 saturated carbocycles. The lowest BCUT2D eigenvalue weighted by Gasteiger charge is -2.22. The molecular formula is C24H23ClN2O3. The summed E-state index contributed by atoms with van der Waals surface area (Å²) < 4.78 is 5.68. The van der Waals surface area contributed by atoms with Crippen LogP contribution >= 0.6 is 11.6 Å². The Morgan fingerprint density at radius 2 is 1.57 bits per heavy atom. The second-order valence-corrected chi connectivity index (χ2v) is 7.22. The summed E-state index contributed by atoms with van der Waals surface area (Å²) in [6, 6.07) is 24.9. The zero-order valence-electron chi connectivity index (χ0n) is 16.5. The summed E-state index contributed by atoms with van der Waals surface area (Å²) in [6.45, 7) is 0.417. The van der Waals surface area contributed by atoms with Gasteiger partial charge in [-0.05, 0) is 28.8 Å². The molecular weight excluding hydrogens is 400 g/mol. The average Bonchev–Trinajstić information content (AvgIpc) is 2.76. The molecule has 0 unspecified atom stereocenters. The Kier molecular flexibility index (Phi) is 7.46. The molecule has 0 radical (unpaired) electrons. The van der Waals surface area contributed by atoms with Gasteiger partial charge in [0.1, 0.15) is 5.75 Å². The quantitative estimate of drug-likeness (QED) is 0.559. The van der Waals surface area contributed by atoms with Gasteiger partial charge in [0.05, 0.1) is 5.02 Å². The van der Waals surface area contributed by atoms with E-state index in [1.54, 1.807) is 11.0 Å². The van der Waals surface area contributed by atoms with Crippen molar-refractivity contribution < 1.29 is 14.3 Å². The molecule has 6 heteroatoms. The van der Waals surface area contributed by atoms with Gasteiger partial charge in [0.25, 0.3) is 5.91 Å². The first-order valence-corrected chi connectivity index (χ1v) is 9.98. The van der Waals surface area contributed by atoms with E-state index in [2.05, 4.69) is 0 Å². The molecule has 0 bridgehead atoms. The van der Waals surface area contributed by atoms with Gasteiger partial charge in [0, 0.05) is 19.5 Å². The second kappa shape index (κ2) is 10.5. The van der Waals surface area contributed by atoms with Crippen molar-refractivity contribution in [2.24, 2.45) is 5.73 Å². The first kappa shape index (κ1) is 21.4. The number of hydrogen-bond acceptors (Lipinski definition) is 3. The minimum atomic E-state index is -0.457. The van der Waals surface area contributed by atoms with E-state index in [9.17, 15) is 9.59 Å². The van der Waals surface area contributed by atoms with Crippen LogP contribution in [0.5, 0.6) is 5.75 Å². The molecule has 0 saturated heterocycles. The van der Waals surface area contributed by atoms with E-state index >= 15 is 0 Å². The van der Waals surface area contributed by atoms with Crippen molar-refractivity contribution in [3.8, 4) is 16.9 Å². The van der Waals surface area contributed by atoms with Gasteiger partial charge in [-0.15, -0.1) is 0 Å². The molecule has 0 spiro atoms. The van der Waals surface area contributed by atoms with Crippen molar-refractivity contribution in [2.75, 3.05) is 13.2 Å². The Bertz CT molecular complexity index is 994.